The zero-order valence-corrected chi connectivity index (χ0v) is 10.3. The van der Waals surface area contributed by atoms with E-state index in [0.29, 0.717) is 12.8 Å². The molecule has 0 aliphatic carbocycles. The van der Waals surface area contributed by atoms with Crippen LogP contribution in [0.3, 0.4) is 0 Å². The van der Waals surface area contributed by atoms with Gasteiger partial charge in [-0.1, -0.05) is 19.8 Å². The molecule has 0 radical (unpaired) electrons. The fraction of sp³-hybridized carbons (Fsp3) is 0.909. The van der Waals surface area contributed by atoms with E-state index in [4.69, 9.17) is 0 Å². The molecular weight excluding hydrogens is 276 g/mol. The molecule has 0 saturated carbocycles. The van der Waals surface area contributed by atoms with E-state index in [-0.39, 0.29) is 12.1 Å². The quantitative estimate of drug-likeness (QED) is 0.619. The number of aliphatic hydroxyl groups is 1. The Hall–Kier alpha value is -0.790. The minimum Gasteiger partial charge on any atom is -0.362 e. The first-order chi connectivity index (χ1) is 8.52. The van der Waals surface area contributed by atoms with E-state index in [9.17, 15) is 31.4 Å². The molecule has 0 aromatic carbocycles. The number of nitrogens with zero attached hydrogens (tertiary/aromatic N) is 1. The van der Waals surface area contributed by atoms with Gasteiger partial charge in [-0.05, 0) is 12.8 Å². The van der Waals surface area contributed by atoms with Crippen molar-refractivity contribution in [2.75, 3.05) is 0 Å². The minimum atomic E-state index is -5.43. The number of hydrogen-bond donors (Lipinski definition) is 1. The van der Waals surface area contributed by atoms with Crippen LogP contribution in [0, 0.1) is 5.92 Å². The molecule has 19 heavy (non-hydrogen) atoms. The van der Waals surface area contributed by atoms with E-state index in [2.05, 4.69) is 4.99 Å². The lowest BCUT2D eigenvalue weighted by molar-refractivity contribution is -0.316. The van der Waals surface area contributed by atoms with E-state index in [1.54, 1.807) is 0 Å². The number of rotatable bonds is 4. The van der Waals surface area contributed by atoms with Crippen LogP contribution in [-0.4, -0.2) is 28.9 Å². The third kappa shape index (κ3) is 3.40. The number of aliphatic imine (C=N–C) groups is 1. The first kappa shape index (κ1) is 16.3. The Morgan fingerprint density at radius 3 is 2.16 bits per heavy atom. The van der Waals surface area contributed by atoms with Gasteiger partial charge in [0.25, 0.3) is 5.72 Å². The van der Waals surface area contributed by atoms with Gasteiger partial charge in [-0.3, -0.25) is 4.99 Å². The predicted octanol–water partition coefficient (Wildman–Crippen LogP) is 3.84. The van der Waals surface area contributed by atoms with Crippen LogP contribution in [0.2, 0.25) is 0 Å². The second-order valence-electron chi connectivity index (χ2n) is 4.66. The van der Waals surface area contributed by atoms with Crippen LogP contribution in [0.15, 0.2) is 4.99 Å². The first-order valence-electron chi connectivity index (χ1n) is 5.95. The van der Waals surface area contributed by atoms with Crippen molar-refractivity contribution in [1.82, 2.24) is 0 Å². The maximum absolute atomic E-state index is 12.6. The van der Waals surface area contributed by atoms with E-state index < -0.39 is 30.4 Å². The van der Waals surface area contributed by atoms with E-state index in [1.807, 2.05) is 6.92 Å². The molecule has 0 aromatic rings. The zero-order valence-electron chi connectivity index (χ0n) is 10.3. The Labute approximate surface area is 106 Å². The highest BCUT2D eigenvalue weighted by atomic mass is 19.4. The van der Waals surface area contributed by atoms with Crippen molar-refractivity contribution in [3.63, 3.8) is 0 Å². The molecule has 0 bridgehead atoms. The van der Waals surface area contributed by atoms with Crippen molar-refractivity contribution < 1.29 is 31.4 Å². The molecule has 1 rings (SSSR count). The van der Waals surface area contributed by atoms with E-state index >= 15 is 0 Å². The summed E-state index contributed by atoms with van der Waals surface area (Å²) in [6, 6.07) is 0. The lowest BCUT2D eigenvalue weighted by Gasteiger charge is -2.30. The van der Waals surface area contributed by atoms with Crippen LogP contribution in [-0.2, 0) is 0 Å². The summed E-state index contributed by atoms with van der Waals surface area (Å²) >= 11 is 0. The van der Waals surface area contributed by atoms with E-state index in [0.717, 1.165) is 6.42 Å². The Balaban J connectivity index is 2.94. The van der Waals surface area contributed by atoms with Gasteiger partial charge in [-0.15, -0.1) is 0 Å². The molecule has 2 unspecified atom stereocenters. The van der Waals surface area contributed by atoms with Crippen LogP contribution in [0.25, 0.3) is 0 Å². The topological polar surface area (TPSA) is 32.6 Å². The van der Waals surface area contributed by atoms with Gasteiger partial charge in [-0.2, -0.15) is 26.3 Å². The third-order valence-electron chi connectivity index (χ3n) is 3.14. The molecule has 2 nitrogen and oxygen atoms in total. The molecule has 1 aliphatic rings. The molecule has 0 aromatic heterocycles. The molecule has 2 atom stereocenters. The van der Waals surface area contributed by atoms with Crippen molar-refractivity contribution in [2.24, 2.45) is 10.9 Å². The zero-order chi connectivity index (χ0) is 14.9. The largest absolute Gasteiger partial charge is 0.438 e. The monoisotopic (exact) mass is 291 g/mol. The third-order valence-corrected chi connectivity index (χ3v) is 3.14. The second kappa shape index (κ2) is 5.30. The molecular formula is C11H15F6NO. The molecule has 1 aliphatic heterocycles. The minimum absolute atomic E-state index is 0.0544. The fourth-order valence-electron chi connectivity index (χ4n) is 2.08. The Kier molecular flexibility index (Phi) is 4.54. The summed E-state index contributed by atoms with van der Waals surface area (Å²) in [5, 5.41) is 9.32. The molecule has 8 heteroatoms. The standard InChI is InChI=1S/C11H15F6NO/c1-2-3-4-5-7-6-8(10(12,13)14)9(19,18-7)11(15,16)17/h8,19H,2-6H2,1H3. The summed E-state index contributed by atoms with van der Waals surface area (Å²) in [6.45, 7) is 1.86. The van der Waals surface area contributed by atoms with Gasteiger partial charge in [0.15, 0.2) is 0 Å². The maximum atomic E-state index is 12.6. The molecule has 1 heterocycles. The van der Waals surface area contributed by atoms with Crippen LogP contribution < -0.4 is 0 Å². The van der Waals surface area contributed by atoms with Gasteiger partial charge in [0.2, 0.25) is 0 Å². The Morgan fingerprint density at radius 2 is 1.79 bits per heavy atom. The fourth-order valence-corrected chi connectivity index (χ4v) is 2.08. The second-order valence-corrected chi connectivity index (χ2v) is 4.66. The van der Waals surface area contributed by atoms with Gasteiger partial charge in [0.1, 0.15) is 5.92 Å². The smallest absolute Gasteiger partial charge is 0.362 e. The molecule has 1 N–H and O–H groups in total. The maximum Gasteiger partial charge on any atom is 0.438 e. The number of alkyl halides is 6. The van der Waals surface area contributed by atoms with Gasteiger partial charge >= 0.3 is 12.4 Å². The van der Waals surface area contributed by atoms with E-state index in [1.165, 1.54) is 0 Å². The van der Waals surface area contributed by atoms with Crippen LogP contribution in [0.5, 0.6) is 0 Å². The summed E-state index contributed by atoms with van der Waals surface area (Å²) in [6.07, 6.45) is -9.45. The van der Waals surface area contributed by atoms with Crippen molar-refractivity contribution >= 4 is 5.71 Å². The molecule has 0 amide bonds. The van der Waals surface area contributed by atoms with Crippen LogP contribution >= 0.6 is 0 Å². The number of unbranched alkanes of at least 4 members (excludes halogenated alkanes) is 2. The van der Waals surface area contributed by atoms with Crippen molar-refractivity contribution in [3.05, 3.63) is 0 Å². The van der Waals surface area contributed by atoms with Gasteiger partial charge in [-0.25, -0.2) is 0 Å². The summed E-state index contributed by atoms with van der Waals surface area (Å²) in [5.74, 6) is -2.91. The molecule has 112 valence electrons. The molecule has 0 saturated heterocycles. The summed E-state index contributed by atoms with van der Waals surface area (Å²) < 4.78 is 75.7. The van der Waals surface area contributed by atoms with Gasteiger partial charge < -0.3 is 5.11 Å². The highest BCUT2D eigenvalue weighted by Crippen LogP contribution is 2.50. The van der Waals surface area contributed by atoms with Crippen LogP contribution in [0.1, 0.15) is 39.0 Å². The van der Waals surface area contributed by atoms with Crippen molar-refractivity contribution in [3.8, 4) is 0 Å². The lowest BCUT2D eigenvalue weighted by Crippen LogP contribution is -2.52. The first-order valence-corrected chi connectivity index (χ1v) is 5.95. The Bertz CT molecular complexity index is 348. The normalized spacial score (nSPS) is 28.6. The highest BCUT2D eigenvalue weighted by Gasteiger charge is 2.69. The van der Waals surface area contributed by atoms with Gasteiger partial charge in [0.05, 0.1) is 0 Å². The predicted molar refractivity (Wildman–Crippen MR) is 56.7 cm³/mol. The molecule has 0 fully saturated rings. The average Bonchev–Trinajstić information content (AvgIpc) is 2.56. The summed E-state index contributed by atoms with van der Waals surface area (Å²) in [4.78, 5) is 2.94. The number of hydrogen-bond acceptors (Lipinski definition) is 2. The van der Waals surface area contributed by atoms with Crippen LogP contribution in [0.4, 0.5) is 26.3 Å². The lowest BCUT2D eigenvalue weighted by atomic mass is 9.92. The number of halogens is 6. The average molecular weight is 291 g/mol. The molecule has 0 spiro atoms. The summed E-state index contributed by atoms with van der Waals surface area (Å²) in [7, 11) is 0. The highest BCUT2D eigenvalue weighted by molar-refractivity contribution is 5.87. The Morgan fingerprint density at radius 1 is 1.21 bits per heavy atom. The summed E-state index contributed by atoms with van der Waals surface area (Å²) in [5.41, 5.74) is -4.25. The SMILES string of the molecule is CCCCCC1=NC(O)(C(F)(F)F)C(C(F)(F)F)C1. The van der Waals surface area contributed by atoms with Crippen molar-refractivity contribution in [1.29, 1.82) is 0 Å². The van der Waals surface area contributed by atoms with Crippen molar-refractivity contribution in [2.45, 2.75) is 57.1 Å². The van der Waals surface area contributed by atoms with Gasteiger partial charge in [0, 0.05) is 12.1 Å².